The van der Waals surface area contributed by atoms with Gasteiger partial charge in [-0.2, -0.15) is 11.8 Å². The van der Waals surface area contributed by atoms with Gasteiger partial charge in [-0.05, 0) is 81.0 Å². The van der Waals surface area contributed by atoms with Gasteiger partial charge >= 0.3 is 0 Å². The average molecular weight is 319 g/mol. The quantitative estimate of drug-likeness (QED) is 0.694. The van der Waals surface area contributed by atoms with E-state index in [0.717, 1.165) is 22.2 Å². The molecule has 6 bridgehead atoms. The van der Waals surface area contributed by atoms with E-state index in [0.29, 0.717) is 16.7 Å². The largest absolute Gasteiger partial charge is 0.299 e. The molecular formula is C20H30OS. The van der Waals surface area contributed by atoms with E-state index >= 15 is 0 Å². The molecule has 6 rings (SSSR count). The molecule has 2 saturated heterocycles. The van der Waals surface area contributed by atoms with Gasteiger partial charge in [-0.1, -0.05) is 13.8 Å². The first-order valence-electron chi connectivity index (χ1n) is 9.57. The van der Waals surface area contributed by atoms with E-state index in [9.17, 15) is 4.79 Å². The first-order valence-corrected chi connectivity index (χ1v) is 10.5. The molecule has 0 N–H and O–H groups in total. The van der Waals surface area contributed by atoms with E-state index in [2.05, 4.69) is 25.6 Å². The zero-order valence-electron chi connectivity index (χ0n) is 14.2. The molecular weight excluding hydrogens is 288 g/mol. The number of hydrogen-bond donors (Lipinski definition) is 0. The molecule has 2 heterocycles. The Morgan fingerprint density at radius 2 is 1.50 bits per heavy atom. The summed E-state index contributed by atoms with van der Waals surface area (Å²) in [5.74, 6) is 2.00. The van der Waals surface area contributed by atoms with Crippen LogP contribution in [0.15, 0.2) is 0 Å². The van der Waals surface area contributed by atoms with Gasteiger partial charge in [-0.25, -0.2) is 0 Å². The molecule has 6 aliphatic rings. The fraction of sp³-hybridized carbons (Fsp3) is 0.950. The smallest absolute Gasteiger partial charge is 0.142 e. The van der Waals surface area contributed by atoms with Crippen LogP contribution in [0.4, 0.5) is 0 Å². The first kappa shape index (κ1) is 14.4. The van der Waals surface area contributed by atoms with E-state index in [1.165, 1.54) is 64.2 Å². The normalized spacial score (nSPS) is 59.0. The van der Waals surface area contributed by atoms with E-state index in [1.54, 1.807) is 0 Å². The minimum absolute atomic E-state index is 0.0923. The molecule has 0 spiro atoms. The number of fused-ring (bicyclic) bond motifs is 2. The van der Waals surface area contributed by atoms with Crippen molar-refractivity contribution in [1.82, 2.24) is 0 Å². The van der Waals surface area contributed by atoms with Crippen LogP contribution in [0.3, 0.4) is 0 Å². The lowest BCUT2D eigenvalue weighted by Crippen LogP contribution is -2.58. The van der Waals surface area contributed by atoms with Gasteiger partial charge in [0.2, 0.25) is 0 Å². The number of carbonyl (C=O) groups excluding carboxylic acids is 1. The van der Waals surface area contributed by atoms with Crippen LogP contribution < -0.4 is 0 Å². The highest BCUT2D eigenvalue weighted by molar-refractivity contribution is 8.00. The van der Waals surface area contributed by atoms with Crippen molar-refractivity contribution in [2.75, 3.05) is 0 Å². The van der Waals surface area contributed by atoms with Gasteiger partial charge in [-0.15, -0.1) is 0 Å². The van der Waals surface area contributed by atoms with Crippen molar-refractivity contribution >= 4 is 17.5 Å². The Morgan fingerprint density at radius 3 is 2.05 bits per heavy atom. The molecule has 22 heavy (non-hydrogen) atoms. The van der Waals surface area contributed by atoms with Gasteiger partial charge in [0.1, 0.15) is 5.78 Å². The maximum Gasteiger partial charge on any atom is 0.142 e. The van der Waals surface area contributed by atoms with Gasteiger partial charge in [0, 0.05) is 21.8 Å². The van der Waals surface area contributed by atoms with Gasteiger partial charge in [0.05, 0.1) is 0 Å². The highest BCUT2D eigenvalue weighted by Crippen LogP contribution is 2.70. The topological polar surface area (TPSA) is 17.1 Å². The molecule has 0 aromatic heterocycles. The summed E-state index contributed by atoms with van der Waals surface area (Å²) >= 11 is 2.20. The third-order valence-electron chi connectivity index (χ3n) is 7.81. The summed E-state index contributed by atoms with van der Waals surface area (Å²) in [6, 6.07) is 0. The number of Topliss-reactive ketones (excluding diaryl/α,β-unsaturated/α-hetero) is 1. The Hall–Kier alpha value is 0.0200. The van der Waals surface area contributed by atoms with Gasteiger partial charge in [-0.3, -0.25) is 4.79 Å². The molecule has 0 aromatic rings. The lowest BCUT2D eigenvalue weighted by molar-refractivity contribution is -0.172. The van der Waals surface area contributed by atoms with Crippen LogP contribution in [0, 0.1) is 28.1 Å². The maximum absolute atomic E-state index is 13.6. The summed E-state index contributed by atoms with van der Waals surface area (Å²) in [5, 5.41) is 1.63. The van der Waals surface area contributed by atoms with Crippen molar-refractivity contribution in [3.63, 3.8) is 0 Å². The Kier molecular flexibility index (Phi) is 2.84. The third kappa shape index (κ3) is 2.01. The second kappa shape index (κ2) is 4.35. The predicted molar refractivity (Wildman–Crippen MR) is 92.0 cm³/mol. The summed E-state index contributed by atoms with van der Waals surface area (Å²) in [5.41, 5.74) is 1.05. The SMILES string of the molecule is CC12CC3CC(C)(C1)CC(C(=O)C1CC4CCC(C1)S4)(C3)C2. The molecule has 4 aliphatic carbocycles. The second-order valence-electron chi connectivity index (χ2n) is 10.4. The summed E-state index contributed by atoms with van der Waals surface area (Å²) in [7, 11) is 0. The summed E-state index contributed by atoms with van der Waals surface area (Å²) in [6.07, 6.45) is 13.1. The zero-order chi connectivity index (χ0) is 15.2. The molecule has 4 unspecified atom stereocenters. The number of thioether (sulfide) groups is 1. The van der Waals surface area contributed by atoms with Crippen molar-refractivity contribution < 1.29 is 4.79 Å². The third-order valence-corrected chi connectivity index (χ3v) is 9.44. The van der Waals surface area contributed by atoms with Crippen LogP contribution >= 0.6 is 11.8 Å². The van der Waals surface area contributed by atoms with Gasteiger partial charge in [0.25, 0.3) is 0 Å². The maximum atomic E-state index is 13.6. The van der Waals surface area contributed by atoms with E-state index in [4.69, 9.17) is 0 Å². The van der Waals surface area contributed by atoms with Crippen molar-refractivity contribution in [1.29, 1.82) is 0 Å². The van der Waals surface area contributed by atoms with Crippen molar-refractivity contribution in [3.8, 4) is 0 Å². The summed E-state index contributed by atoms with van der Waals surface area (Å²) in [6.45, 7) is 5.00. The second-order valence-corrected chi connectivity index (χ2v) is 12.0. The number of rotatable bonds is 2. The molecule has 0 radical (unpaired) electrons. The fourth-order valence-corrected chi connectivity index (χ4v) is 10.0. The lowest BCUT2D eigenvalue weighted by Gasteiger charge is -2.65. The molecule has 4 saturated carbocycles. The highest BCUT2D eigenvalue weighted by Gasteiger charge is 2.63. The van der Waals surface area contributed by atoms with E-state index in [-0.39, 0.29) is 5.41 Å². The van der Waals surface area contributed by atoms with Crippen LogP contribution in [0.1, 0.15) is 78.1 Å². The van der Waals surface area contributed by atoms with Gasteiger partial charge < -0.3 is 0 Å². The zero-order valence-corrected chi connectivity index (χ0v) is 15.0. The predicted octanol–water partition coefficient (Wildman–Crippen LogP) is 5.23. The molecule has 0 amide bonds. The monoisotopic (exact) mass is 318 g/mol. The molecule has 1 nitrogen and oxygen atoms in total. The summed E-state index contributed by atoms with van der Waals surface area (Å²) < 4.78 is 0. The number of carbonyl (C=O) groups is 1. The standard InChI is InChI=1S/C20H30OS/c1-18-7-13-8-19(2,10-18)12-20(9-13,11-18)17(21)14-5-15-3-4-16(6-14)22-15/h13-16H,3-12H2,1-2H3. The Balaban J connectivity index is 1.45. The molecule has 6 fully saturated rings. The highest BCUT2D eigenvalue weighted by atomic mass is 32.2. The van der Waals surface area contributed by atoms with Crippen molar-refractivity contribution in [3.05, 3.63) is 0 Å². The lowest BCUT2D eigenvalue weighted by atomic mass is 9.39. The minimum Gasteiger partial charge on any atom is -0.299 e. The van der Waals surface area contributed by atoms with Gasteiger partial charge in [0.15, 0.2) is 0 Å². The average Bonchev–Trinajstić information content (AvgIpc) is 2.72. The molecule has 0 aromatic carbocycles. The Morgan fingerprint density at radius 1 is 0.909 bits per heavy atom. The van der Waals surface area contributed by atoms with Crippen LogP contribution in [0.25, 0.3) is 0 Å². The number of hydrogen-bond acceptors (Lipinski definition) is 2. The number of ketones is 1. The van der Waals surface area contributed by atoms with Crippen LogP contribution in [0.5, 0.6) is 0 Å². The van der Waals surface area contributed by atoms with Crippen LogP contribution in [-0.2, 0) is 4.79 Å². The molecule has 4 atom stereocenters. The van der Waals surface area contributed by atoms with Crippen molar-refractivity contribution in [2.45, 2.75) is 88.6 Å². The van der Waals surface area contributed by atoms with Crippen LogP contribution in [-0.4, -0.2) is 16.3 Å². The van der Waals surface area contributed by atoms with Crippen LogP contribution in [0.2, 0.25) is 0 Å². The molecule has 2 aliphatic heterocycles. The Labute approximate surface area is 139 Å². The minimum atomic E-state index is 0.0923. The first-order chi connectivity index (χ1) is 10.4. The fourth-order valence-electron chi connectivity index (χ4n) is 8.23. The van der Waals surface area contributed by atoms with E-state index < -0.39 is 0 Å². The van der Waals surface area contributed by atoms with Crippen molar-refractivity contribution in [2.24, 2.45) is 28.1 Å². The molecule has 122 valence electrons. The van der Waals surface area contributed by atoms with E-state index in [1.807, 2.05) is 0 Å². The summed E-state index contributed by atoms with van der Waals surface area (Å²) in [4.78, 5) is 13.6. The molecule has 2 heteroatoms. The Bertz CT molecular complexity index is 496.